The van der Waals surface area contributed by atoms with Crippen molar-refractivity contribution in [3.8, 4) is 0 Å². The molecule has 1 aliphatic heterocycles. The van der Waals surface area contributed by atoms with E-state index >= 15 is 0 Å². The van der Waals surface area contributed by atoms with Gasteiger partial charge < -0.3 is 20.6 Å². The first kappa shape index (κ1) is 14.8. The van der Waals surface area contributed by atoms with Crippen LogP contribution in [0.2, 0.25) is 0 Å². The Morgan fingerprint density at radius 3 is 2.80 bits per heavy atom. The Labute approximate surface area is 120 Å². The van der Waals surface area contributed by atoms with Gasteiger partial charge in [-0.15, -0.1) is 0 Å². The number of hydrogen-bond acceptors (Lipinski definition) is 4. The molecule has 1 aromatic rings. The van der Waals surface area contributed by atoms with E-state index in [9.17, 15) is 9.90 Å². The van der Waals surface area contributed by atoms with Crippen molar-refractivity contribution in [2.45, 2.75) is 38.5 Å². The molecule has 0 saturated carbocycles. The molecule has 110 valence electrons. The van der Waals surface area contributed by atoms with Crippen molar-refractivity contribution in [2.24, 2.45) is 0 Å². The molecule has 1 aliphatic rings. The summed E-state index contributed by atoms with van der Waals surface area (Å²) in [6, 6.07) is 5.93. The third kappa shape index (κ3) is 2.78. The second-order valence-electron chi connectivity index (χ2n) is 5.45. The van der Waals surface area contributed by atoms with Gasteiger partial charge in [-0.3, -0.25) is 4.79 Å². The minimum absolute atomic E-state index is 0.0502. The molecule has 0 fully saturated rings. The lowest BCUT2D eigenvalue weighted by atomic mass is 9.98. The Bertz CT molecular complexity index is 476. The van der Waals surface area contributed by atoms with Crippen LogP contribution >= 0.6 is 0 Å². The van der Waals surface area contributed by atoms with Crippen LogP contribution in [0.4, 0.5) is 11.4 Å². The van der Waals surface area contributed by atoms with Gasteiger partial charge >= 0.3 is 0 Å². The van der Waals surface area contributed by atoms with Crippen LogP contribution in [-0.4, -0.2) is 37.2 Å². The predicted octanol–water partition coefficient (Wildman–Crippen LogP) is 1.49. The van der Waals surface area contributed by atoms with Gasteiger partial charge in [0.1, 0.15) is 0 Å². The number of fused-ring (bicyclic) bond motifs is 1. The monoisotopic (exact) mass is 277 g/mol. The van der Waals surface area contributed by atoms with Crippen LogP contribution in [0.5, 0.6) is 0 Å². The fourth-order valence-corrected chi connectivity index (χ4v) is 2.79. The standard InChI is InChI=1S/C15H23N3O2/c1-10(2)17-13-7-8-18(9-19)14-11(15(13)20)5-4-6-12(14)16-3/h4-6,9-10,13,15-17,20H,7-8H2,1-3H3. The zero-order valence-electron chi connectivity index (χ0n) is 12.3. The first-order valence-corrected chi connectivity index (χ1v) is 7.05. The third-order valence-electron chi connectivity index (χ3n) is 3.68. The number of anilines is 2. The predicted molar refractivity (Wildman–Crippen MR) is 81.0 cm³/mol. The second kappa shape index (κ2) is 6.24. The topological polar surface area (TPSA) is 64.6 Å². The number of aliphatic hydroxyl groups is 1. The van der Waals surface area contributed by atoms with Crippen molar-refractivity contribution in [3.05, 3.63) is 23.8 Å². The molecule has 0 saturated heterocycles. The van der Waals surface area contributed by atoms with Gasteiger partial charge in [-0.2, -0.15) is 0 Å². The largest absolute Gasteiger partial charge is 0.387 e. The number of nitrogens with one attached hydrogen (secondary N) is 2. The molecular weight excluding hydrogens is 254 g/mol. The number of nitrogens with zero attached hydrogens (tertiary/aromatic N) is 1. The smallest absolute Gasteiger partial charge is 0.214 e. The fourth-order valence-electron chi connectivity index (χ4n) is 2.79. The van der Waals surface area contributed by atoms with Gasteiger partial charge in [-0.25, -0.2) is 0 Å². The molecule has 0 aliphatic carbocycles. The van der Waals surface area contributed by atoms with E-state index in [1.165, 1.54) is 0 Å². The van der Waals surface area contributed by atoms with Gasteiger partial charge in [0.15, 0.2) is 0 Å². The summed E-state index contributed by atoms with van der Waals surface area (Å²) >= 11 is 0. The average molecular weight is 277 g/mol. The minimum atomic E-state index is -0.620. The van der Waals surface area contributed by atoms with Crippen LogP contribution in [0.1, 0.15) is 31.9 Å². The SMILES string of the molecule is CNc1cccc2c1N(C=O)CCC(NC(C)C)C2O. The van der Waals surface area contributed by atoms with Crippen LogP contribution in [-0.2, 0) is 4.79 Å². The summed E-state index contributed by atoms with van der Waals surface area (Å²) < 4.78 is 0. The van der Waals surface area contributed by atoms with Crippen molar-refractivity contribution >= 4 is 17.8 Å². The number of carbonyl (C=O) groups is 1. The lowest BCUT2D eigenvalue weighted by Gasteiger charge is -2.25. The van der Waals surface area contributed by atoms with Gasteiger partial charge in [0, 0.05) is 31.2 Å². The molecule has 3 N–H and O–H groups in total. The van der Waals surface area contributed by atoms with Crippen molar-refractivity contribution in [2.75, 3.05) is 23.8 Å². The number of carbonyl (C=O) groups excluding carboxylic acids is 1. The summed E-state index contributed by atoms with van der Waals surface area (Å²) in [6.07, 6.45) is 0.936. The maximum Gasteiger partial charge on any atom is 0.214 e. The summed E-state index contributed by atoms with van der Waals surface area (Å²) in [7, 11) is 1.82. The summed E-state index contributed by atoms with van der Waals surface area (Å²) in [6.45, 7) is 4.71. The number of amides is 1. The number of hydrogen-bond donors (Lipinski definition) is 3. The molecule has 5 heteroatoms. The molecule has 2 atom stereocenters. The maximum atomic E-state index is 11.4. The van der Waals surface area contributed by atoms with Crippen molar-refractivity contribution in [1.82, 2.24) is 5.32 Å². The molecule has 5 nitrogen and oxygen atoms in total. The fraction of sp³-hybridized carbons (Fsp3) is 0.533. The van der Waals surface area contributed by atoms with E-state index in [4.69, 9.17) is 0 Å². The number of para-hydroxylation sites is 1. The molecule has 0 aromatic heterocycles. The van der Waals surface area contributed by atoms with Crippen molar-refractivity contribution in [1.29, 1.82) is 0 Å². The Morgan fingerprint density at radius 1 is 1.45 bits per heavy atom. The highest BCUT2D eigenvalue weighted by Gasteiger charge is 2.30. The third-order valence-corrected chi connectivity index (χ3v) is 3.68. The van der Waals surface area contributed by atoms with Gasteiger partial charge in [0.2, 0.25) is 6.41 Å². The molecule has 1 heterocycles. The highest BCUT2D eigenvalue weighted by Crippen LogP contribution is 2.37. The molecule has 20 heavy (non-hydrogen) atoms. The lowest BCUT2D eigenvalue weighted by molar-refractivity contribution is -0.107. The normalized spacial score (nSPS) is 22.4. The summed E-state index contributed by atoms with van der Waals surface area (Å²) in [5, 5.41) is 17.1. The van der Waals surface area contributed by atoms with E-state index in [-0.39, 0.29) is 12.1 Å². The molecule has 2 unspecified atom stereocenters. The number of aliphatic hydroxyl groups excluding tert-OH is 1. The van der Waals surface area contributed by atoms with Gasteiger partial charge in [0.25, 0.3) is 0 Å². The summed E-state index contributed by atoms with van der Waals surface area (Å²) in [5.74, 6) is 0. The Morgan fingerprint density at radius 2 is 2.20 bits per heavy atom. The number of rotatable bonds is 4. The molecule has 2 rings (SSSR count). The Hall–Kier alpha value is -1.59. The molecule has 0 spiro atoms. The number of benzene rings is 1. The minimum Gasteiger partial charge on any atom is -0.387 e. The van der Waals surface area contributed by atoms with Crippen LogP contribution in [0.15, 0.2) is 18.2 Å². The molecule has 0 bridgehead atoms. The van der Waals surface area contributed by atoms with E-state index in [0.29, 0.717) is 6.54 Å². The van der Waals surface area contributed by atoms with Crippen LogP contribution < -0.4 is 15.5 Å². The zero-order valence-corrected chi connectivity index (χ0v) is 12.3. The Balaban J connectivity index is 2.45. The average Bonchev–Trinajstić information content (AvgIpc) is 2.57. The van der Waals surface area contributed by atoms with Crippen LogP contribution in [0.3, 0.4) is 0 Å². The van der Waals surface area contributed by atoms with Gasteiger partial charge in [-0.1, -0.05) is 26.0 Å². The van der Waals surface area contributed by atoms with Crippen LogP contribution in [0.25, 0.3) is 0 Å². The van der Waals surface area contributed by atoms with Crippen molar-refractivity contribution in [3.63, 3.8) is 0 Å². The molecular formula is C15H23N3O2. The Kier molecular flexibility index (Phi) is 4.62. The van der Waals surface area contributed by atoms with E-state index < -0.39 is 6.10 Å². The molecule has 1 aromatic carbocycles. The molecule has 0 radical (unpaired) electrons. The van der Waals surface area contributed by atoms with Gasteiger partial charge in [0.05, 0.1) is 17.5 Å². The summed E-state index contributed by atoms with van der Waals surface area (Å²) in [4.78, 5) is 13.0. The highest BCUT2D eigenvalue weighted by molar-refractivity contribution is 5.86. The van der Waals surface area contributed by atoms with E-state index in [0.717, 1.165) is 29.8 Å². The first-order valence-electron chi connectivity index (χ1n) is 7.05. The lowest BCUT2D eigenvalue weighted by Crippen LogP contribution is -2.39. The summed E-state index contributed by atoms with van der Waals surface area (Å²) in [5.41, 5.74) is 2.43. The highest BCUT2D eigenvalue weighted by atomic mass is 16.3. The quantitative estimate of drug-likeness (QED) is 0.730. The van der Waals surface area contributed by atoms with E-state index in [1.807, 2.05) is 25.2 Å². The van der Waals surface area contributed by atoms with E-state index in [2.05, 4.69) is 24.5 Å². The van der Waals surface area contributed by atoms with Crippen LogP contribution in [0, 0.1) is 0 Å². The molecule has 1 amide bonds. The van der Waals surface area contributed by atoms with Gasteiger partial charge in [-0.05, 0) is 12.5 Å². The zero-order chi connectivity index (χ0) is 14.7. The van der Waals surface area contributed by atoms with E-state index in [1.54, 1.807) is 4.90 Å². The van der Waals surface area contributed by atoms with Crippen molar-refractivity contribution < 1.29 is 9.90 Å². The second-order valence-corrected chi connectivity index (χ2v) is 5.45. The maximum absolute atomic E-state index is 11.4. The first-order chi connectivity index (χ1) is 9.58.